The maximum atomic E-state index is 4.57. The monoisotopic (exact) mass is 250 g/mol. The highest BCUT2D eigenvalue weighted by Gasteiger charge is 2.01. The summed E-state index contributed by atoms with van der Waals surface area (Å²) in [6.07, 6.45) is 5.42. The molecule has 0 fully saturated rings. The van der Waals surface area contributed by atoms with E-state index in [4.69, 9.17) is 0 Å². The van der Waals surface area contributed by atoms with E-state index < -0.39 is 0 Å². The molecule has 1 aromatic carbocycles. The largest absolute Gasteiger partial charge is 0.378 e. The van der Waals surface area contributed by atoms with Gasteiger partial charge in [-0.2, -0.15) is 0 Å². The second kappa shape index (κ2) is 5.02. The minimum atomic E-state index is 0.643. The van der Waals surface area contributed by atoms with Crippen molar-refractivity contribution in [2.75, 3.05) is 5.32 Å². The maximum Gasteiger partial charge on any atom is 0.0890 e. The van der Waals surface area contributed by atoms with Crippen LogP contribution in [-0.2, 0) is 6.54 Å². The van der Waals surface area contributed by atoms with E-state index >= 15 is 0 Å². The number of hydrogen-bond acceptors (Lipinski definition) is 4. The van der Waals surface area contributed by atoms with Crippen molar-refractivity contribution in [3.8, 4) is 0 Å². The lowest BCUT2D eigenvalue weighted by Gasteiger charge is -2.08. The van der Waals surface area contributed by atoms with Gasteiger partial charge in [-0.1, -0.05) is 12.1 Å². The van der Waals surface area contributed by atoms with Crippen molar-refractivity contribution in [2.24, 2.45) is 0 Å². The number of rotatable bonds is 3. The summed E-state index contributed by atoms with van der Waals surface area (Å²) in [5, 5.41) is 3.33. The number of para-hydroxylation sites is 2. The highest BCUT2D eigenvalue weighted by Crippen LogP contribution is 2.13. The SMILES string of the molecule is Cc1ccncc1NCc1cnc2ccccc2n1. The number of aryl methyl sites for hydroxylation is 1. The van der Waals surface area contributed by atoms with Gasteiger partial charge in [-0.05, 0) is 30.7 Å². The summed E-state index contributed by atoms with van der Waals surface area (Å²) < 4.78 is 0. The molecule has 0 saturated heterocycles. The number of nitrogens with one attached hydrogen (secondary N) is 1. The summed E-state index contributed by atoms with van der Waals surface area (Å²) in [4.78, 5) is 13.1. The number of benzene rings is 1. The summed E-state index contributed by atoms with van der Waals surface area (Å²) in [6.45, 7) is 2.69. The fraction of sp³-hybridized carbons (Fsp3) is 0.133. The molecule has 0 bridgehead atoms. The first-order valence-electron chi connectivity index (χ1n) is 6.18. The Hall–Kier alpha value is -2.49. The second-order valence-corrected chi connectivity index (χ2v) is 4.39. The molecule has 0 aliphatic rings. The molecule has 1 N–H and O–H groups in total. The Labute approximate surface area is 111 Å². The third-order valence-corrected chi connectivity index (χ3v) is 3.00. The normalized spacial score (nSPS) is 10.6. The van der Waals surface area contributed by atoms with Gasteiger partial charge >= 0.3 is 0 Å². The summed E-state index contributed by atoms with van der Waals surface area (Å²) >= 11 is 0. The molecule has 4 nitrogen and oxygen atoms in total. The van der Waals surface area contributed by atoms with Crippen LogP contribution in [0.3, 0.4) is 0 Å². The summed E-state index contributed by atoms with van der Waals surface area (Å²) in [5.41, 5.74) is 4.96. The Morgan fingerprint density at radius 3 is 2.74 bits per heavy atom. The van der Waals surface area contributed by atoms with E-state index in [2.05, 4.69) is 27.2 Å². The molecule has 2 heterocycles. The highest BCUT2D eigenvalue weighted by atomic mass is 14.9. The van der Waals surface area contributed by atoms with Crippen molar-refractivity contribution in [3.63, 3.8) is 0 Å². The predicted molar refractivity (Wildman–Crippen MR) is 75.8 cm³/mol. The van der Waals surface area contributed by atoms with E-state index in [9.17, 15) is 0 Å². The third kappa shape index (κ3) is 2.52. The van der Waals surface area contributed by atoms with Crippen LogP contribution < -0.4 is 5.32 Å². The van der Waals surface area contributed by atoms with E-state index in [0.29, 0.717) is 6.54 Å². The van der Waals surface area contributed by atoms with Crippen molar-refractivity contribution in [1.82, 2.24) is 15.0 Å². The number of hydrogen-bond donors (Lipinski definition) is 1. The van der Waals surface area contributed by atoms with Gasteiger partial charge in [-0.15, -0.1) is 0 Å². The molecule has 0 amide bonds. The van der Waals surface area contributed by atoms with Gasteiger partial charge in [0.1, 0.15) is 0 Å². The molecule has 0 atom stereocenters. The minimum Gasteiger partial charge on any atom is -0.378 e. The van der Waals surface area contributed by atoms with Gasteiger partial charge in [-0.3, -0.25) is 9.97 Å². The standard InChI is InChI=1S/C15H14N4/c1-11-6-7-16-10-15(11)18-9-12-8-17-13-4-2-3-5-14(13)19-12/h2-8,10,18H,9H2,1H3. The van der Waals surface area contributed by atoms with Crippen LogP contribution in [0.25, 0.3) is 11.0 Å². The van der Waals surface area contributed by atoms with Gasteiger partial charge in [0.15, 0.2) is 0 Å². The van der Waals surface area contributed by atoms with Gasteiger partial charge in [0.2, 0.25) is 0 Å². The van der Waals surface area contributed by atoms with Gasteiger partial charge in [0, 0.05) is 6.20 Å². The Balaban J connectivity index is 1.80. The highest BCUT2D eigenvalue weighted by molar-refractivity contribution is 5.73. The molecule has 4 heteroatoms. The van der Waals surface area contributed by atoms with Gasteiger partial charge in [-0.25, -0.2) is 4.98 Å². The van der Waals surface area contributed by atoms with Crippen LogP contribution in [0.1, 0.15) is 11.3 Å². The molecule has 19 heavy (non-hydrogen) atoms. The first kappa shape index (κ1) is 11.6. The van der Waals surface area contributed by atoms with E-state index in [1.165, 1.54) is 5.56 Å². The molecule has 0 saturated carbocycles. The predicted octanol–water partition coefficient (Wildman–Crippen LogP) is 2.95. The molecule has 0 spiro atoms. The fourth-order valence-electron chi connectivity index (χ4n) is 1.92. The average Bonchev–Trinajstić information content (AvgIpc) is 2.46. The van der Waals surface area contributed by atoms with Crippen molar-refractivity contribution in [2.45, 2.75) is 13.5 Å². The van der Waals surface area contributed by atoms with Crippen LogP contribution in [0.4, 0.5) is 5.69 Å². The topological polar surface area (TPSA) is 50.7 Å². The maximum absolute atomic E-state index is 4.57. The molecular weight excluding hydrogens is 236 g/mol. The number of aromatic nitrogens is 3. The fourth-order valence-corrected chi connectivity index (χ4v) is 1.92. The molecular formula is C15H14N4. The average molecular weight is 250 g/mol. The lowest BCUT2D eigenvalue weighted by atomic mass is 10.2. The van der Waals surface area contributed by atoms with E-state index in [1.54, 1.807) is 12.4 Å². The van der Waals surface area contributed by atoms with Crippen LogP contribution in [0, 0.1) is 6.92 Å². The Bertz CT molecular complexity index is 709. The molecule has 3 rings (SSSR count). The van der Waals surface area contributed by atoms with Crippen LogP contribution in [0.2, 0.25) is 0 Å². The molecule has 2 aromatic heterocycles. The number of anilines is 1. The van der Waals surface area contributed by atoms with Gasteiger partial charge in [0.25, 0.3) is 0 Å². The zero-order valence-corrected chi connectivity index (χ0v) is 10.7. The Kier molecular flexibility index (Phi) is 3.06. The molecule has 0 aliphatic heterocycles. The van der Waals surface area contributed by atoms with Crippen molar-refractivity contribution < 1.29 is 0 Å². The molecule has 0 radical (unpaired) electrons. The zero-order valence-electron chi connectivity index (χ0n) is 10.7. The molecule has 0 unspecified atom stereocenters. The first-order valence-corrected chi connectivity index (χ1v) is 6.18. The van der Waals surface area contributed by atoms with E-state index in [1.807, 2.05) is 36.5 Å². The Morgan fingerprint density at radius 2 is 1.89 bits per heavy atom. The lowest BCUT2D eigenvalue weighted by Crippen LogP contribution is -2.04. The molecule has 94 valence electrons. The van der Waals surface area contributed by atoms with Crippen LogP contribution in [-0.4, -0.2) is 15.0 Å². The summed E-state index contributed by atoms with van der Waals surface area (Å²) in [7, 11) is 0. The minimum absolute atomic E-state index is 0.643. The second-order valence-electron chi connectivity index (χ2n) is 4.39. The van der Waals surface area contributed by atoms with Crippen LogP contribution in [0.5, 0.6) is 0 Å². The van der Waals surface area contributed by atoms with E-state index in [0.717, 1.165) is 22.4 Å². The van der Waals surface area contributed by atoms with E-state index in [-0.39, 0.29) is 0 Å². The summed E-state index contributed by atoms with van der Waals surface area (Å²) in [6, 6.07) is 9.85. The zero-order chi connectivity index (χ0) is 13.1. The Morgan fingerprint density at radius 1 is 1.05 bits per heavy atom. The van der Waals surface area contributed by atoms with Crippen molar-refractivity contribution in [3.05, 3.63) is 60.2 Å². The van der Waals surface area contributed by atoms with Crippen LogP contribution in [0.15, 0.2) is 48.9 Å². The van der Waals surface area contributed by atoms with Crippen LogP contribution >= 0.6 is 0 Å². The van der Waals surface area contributed by atoms with Crippen molar-refractivity contribution >= 4 is 16.7 Å². The summed E-state index contributed by atoms with van der Waals surface area (Å²) in [5.74, 6) is 0. The third-order valence-electron chi connectivity index (χ3n) is 3.00. The van der Waals surface area contributed by atoms with Crippen molar-refractivity contribution in [1.29, 1.82) is 0 Å². The smallest absolute Gasteiger partial charge is 0.0890 e. The van der Waals surface area contributed by atoms with Gasteiger partial charge in [0.05, 0.1) is 41.4 Å². The molecule has 3 aromatic rings. The number of nitrogens with zero attached hydrogens (tertiary/aromatic N) is 3. The quantitative estimate of drug-likeness (QED) is 0.776. The number of pyridine rings is 1. The molecule has 0 aliphatic carbocycles. The number of fused-ring (bicyclic) bond motifs is 1. The first-order chi connectivity index (χ1) is 9.33. The van der Waals surface area contributed by atoms with Gasteiger partial charge < -0.3 is 5.32 Å². The lowest BCUT2D eigenvalue weighted by molar-refractivity contribution is 1.03.